The van der Waals surface area contributed by atoms with Gasteiger partial charge in [0.15, 0.2) is 0 Å². The molecule has 1 amide bonds. The topological polar surface area (TPSA) is 92.7 Å². The number of carboxylic acids is 1. The number of hydrogen-bond acceptors (Lipinski definition) is 4. The SMILES string of the molecule is CC(C)OC(=O)c1ccc(NC(=O)[C@@H]2[C@@H](C(=O)O)[C@H]3C=C[C@H]2C3)cc1. The third-order valence-corrected chi connectivity index (χ3v) is 4.78. The summed E-state index contributed by atoms with van der Waals surface area (Å²) in [7, 11) is 0. The number of amides is 1. The summed E-state index contributed by atoms with van der Waals surface area (Å²) in [6.45, 7) is 3.55. The van der Waals surface area contributed by atoms with Gasteiger partial charge in [-0.1, -0.05) is 12.2 Å². The van der Waals surface area contributed by atoms with E-state index >= 15 is 0 Å². The number of allylic oxidation sites excluding steroid dienone is 2. The first-order valence-corrected chi connectivity index (χ1v) is 8.40. The molecule has 4 atom stereocenters. The molecule has 2 aliphatic rings. The molecule has 2 N–H and O–H groups in total. The highest BCUT2D eigenvalue weighted by molar-refractivity contribution is 5.97. The number of carbonyl (C=O) groups is 3. The van der Waals surface area contributed by atoms with E-state index in [2.05, 4.69) is 5.32 Å². The molecule has 0 radical (unpaired) electrons. The molecule has 6 nitrogen and oxygen atoms in total. The van der Waals surface area contributed by atoms with Crippen molar-refractivity contribution >= 4 is 23.5 Å². The average Bonchev–Trinajstić information content (AvgIpc) is 3.15. The van der Waals surface area contributed by atoms with Crippen LogP contribution in [0.3, 0.4) is 0 Å². The van der Waals surface area contributed by atoms with Gasteiger partial charge in [0.25, 0.3) is 0 Å². The van der Waals surface area contributed by atoms with Crippen molar-refractivity contribution in [3.05, 3.63) is 42.0 Å². The lowest BCUT2D eigenvalue weighted by molar-refractivity contribution is -0.146. The van der Waals surface area contributed by atoms with Gasteiger partial charge in [0.2, 0.25) is 5.91 Å². The Bertz CT molecular complexity index is 722. The second-order valence-corrected chi connectivity index (χ2v) is 6.86. The smallest absolute Gasteiger partial charge is 0.338 e. The number of carbonyl (C=O) groups excluding carboxylic acids is 2. The van der Waals surface area contributed by atoms with E-state index in [1.165, 1.54) is 0 Å². The van der Waals surface area contributed by atoms with E-state index in [9.17, 15) is 19.5 Å². The lowest BCUT2D eigenvalue weighted by Crippen LogP contribution is -2.36. The third-order valence-electron chi connectivity index (χ3n) is 4.78. The Labute approximate surface area is 145 Å². The van der Waals surface area contributed by atoms with Crippen LogP contribution in [0.25, 0.3) is 0 Å². The Morgan fingerprint density at radius 2 is 1.68 bits per heavy atom. The van der Waals surface area contributed by atoms with Gasteiger partial charge in [0.05, 0.1) is 23.5 Å². The van der Waals surface area contributed by atoms with E-state index in [1.54, 1.807) is 38.1 Å². The van der Waals surface area contributed by atoms with Crippen molar-refractivity contribution in [1.29, 1.82) is 0 Å². The first kappa shape index (κ1) is 17.2. The van der Waals surface area contributed by atoms with Gasteiger partial charge in [-0.05, 0) is 56.4 Å². The molecule has 0 aliphatic heterocycles. The van der Waals surface area contributed by atoms with Crippen LogP contribution in [0.5, 0.6) is 0 Å². The summed E-state index contributed by atoms with van der Waals surface area (Å²) in [5.41, 5.74) is 0.931. The fraction of sp³-hybridized carbons (Fsp3) is 0.421. The predicted octanol–water partition coefficient (Wildman–Crippen LogP) is 2.71. The fourth-order valence-electron chi connectivity index (χ4n) is 3.71. The molecule has 1 aromatic carbocycles. The molecule has 132 valence electrons. The van der Waals surface area contributed by atoms with Gasteiger partial charge in [0, 0.05) is 5.69 Å². The van der Waals surface area contributed by atoms with Gasteiger partial charge in [0.1, 0.15) is 0 Å². The molecule has 0 spiro atoms. The largest absolute Gasteiger partial charge is 0.481 e. The maximum Gasteiger partial charge on any atom is 0.338 e. The monoisotopic (exact) mass is 343 g/mol. The Kier molecular flexibility index (Phi) is 4.61. The quantitative estimate of drug-likeness (QED) is 0.633. The number of fused-ring (bicyclic) bond motifs is 2. The lowest BCUT2D eigenvalue weighted by Gasteiger charge is -2.23. The van der Waals surface area contributed by atoms with Gasteiger partial charge in [-0.15, -0.1) is 0 Å². The number of esters is 1. The Morgan fingerprint density at radius 3 is 2.24 bits per heavy atom. The number of ether oxygens (including phenoxy) is 1. The number of nitrogens with one attached hydrogen (secondary N) is 1. The van der Waals surface area contributed by atoms with E-state index in [4.69, 9.17) is 4.74 Å². The summed E-state index contributed by atoms with van der Waals surface area (Å²) in [4.78, 5) is 35.9. The number of aliphatic carboxylic acids is 1. The van der Waals surface area contributed by atoms with E-state index in [1.807, 2.05) is 12.2 Å². The molecule has 2 bridgehead atoms. The summed E-state index contributed by atoms with van der Waals surface area (Å²) in [6.07, 6.45) is 4.36. The second-order valence-electron chi connectivity index (χ2n) is 6.86. The van der Waals surface area contributed by atoms with Crippen LogP contribution in [0.15, 0.2) is 36.4 Å². The first-order chi connectivity index (χ1) is 11.9. The third kappa shape index (κ3) is 3.43. The molecule has 1 fully saturated rings. The molecule has 1 aromatic rings. The molecule has 1 saturated carbocycles. The van der Waals surface area contributed by atoms with E-state index in [0.29, 0.717) is 11.3 Å². The van der Waals surface area contributed by atoms with Gasteiger partial charge in [-0.3, -0.25) is 9.59 Å². The van der Waals surface area contributed by atoms with Crippen molar-refractivity contribution in [1.82, 2.24) is 0 Å². The zero-order valence-electron chi connectivity index (χ0n) is 14.1. The van der Waals surface area contributed by atoms with Crippen LogP contribution in [-0.2, 0) is 14.3 Å². The fourth-order valence-corrected chi connectivity index (χ4v) is 3.71. The highest BCUT2D eigenvalue weighted by Gasteiger charge is 2.51. The highest BCUT2D eigenvalue weighted by atomic mass is 16.5. The first-order valence-electron chi connectivity index (χ1n) is 8.40. The second kappa shape index (κ2) is 6.70. The molecular formula is C19H21NO5. The predicted molar refractivity (Wildman–Crippen MR) is 91.0 cm³/mol. The number of rotatable bonds is 5. The molecule has 0 unspecified atom stereocenters. The molecular weight excluding hydrogens is 322 g/mol. The summed E-state index contributed by atoms with van der Waals surface area (Å²) in [6, 6.07) is 6.40. The van der Waals surface area contributed by atoms with E-state index < -0.39 is 23.8 Å². The summed E-state index contributed by atoms with van der Waals surface area (Å²) in [5.74, 6) is -2.95. The number of carboxylic acid groups (broad SMARTS) is 1. The summed E-state index contributed by atoms with van der Waals surface area (Å²) >= 11 is 0. The van der Waals surface area contributed by atoms with Gasteiger partial charge in [-0.25, -0.2) is 4.79 Å². The zero-order valence-corrected chi connectivity index (χ0v) is 14.1. The minimum atomic E-state index is -0.927. The van der Waals surface area contributed by atoms with Crippen molar-refractivity contribution in [2.45, 2.75) is 26.4 Å². The number of hydrogen-bond donors (Lipinski definition) is 2. The van der Waals surface area contributed by atoms with Crippen LogP contribution in [-0.4, -0.2) is 29.1 Å². The minimum absolute atomic E-state index is 0.0219. The van der Waals surface area contributed by atoms with Crippen LogP contribution in [0.1, 0.15) is 30.6 Å². The van der Waals surface area contributed by atoms with Crippen molar-refractivity contribution in [3.8, 4) is 0 Å². The summed E-state index contributed by atoms with van der Waals surface area (Å²) in [5, 5.41) is 12.2. The molecule has 0 saturated heterocycles. The van der Waals surface area contributed by atoms with Crippen molar-refractivity contribution < 1.29 is 24.2 Å². The molecule has 25 heavy (non-hydrogen) atoms. The van der Waals surface area contributed by atoms with E-state index in [0.717, 1.165) is 6.42 Å². The standard InChI is InChI=1S/C19H21NO5/c1-10(2)25-19(24)11-5-7-14(8-6-11)20-17(21)15-12-3-4-13(9-12)16(15)18(22)23/h3-8,10,12-13,15-16H,9H2,1-2H3,(H,20,21)(H,22,23)/t12-,13-,15-,16-/m0/s1. The van der Waals surface area contributed by atoms with E-state index in [-0.39, 0.29) is 23.8 Å². The van der Waals surface area contributed by atoms with Crippen LogP contribution < -0.4 is 5.32 Å². The minimum Gasteiger partial charge on any atom is -0.481 e. The maximum absolute atomic E-state index is 12.6. The van der Waals surface area contributed by atoms with Crippen LogP contribution in [0.2, 0.25) is 0 Å². The van der Waals surface area contributed by atoms with Crippen LogP contribution in [0.4, 0.5) is 5.69 Å². The van der Waals surface area contributed by atoms with Crippen LogP contribution in [0, 0.1) is 23.7 Å². The Hall–Kier alpha value is -2.63. The maximum atomic E-state index is 12.6. The van der Waals surface area contributed by atoms with Crippen molar-refractivity contribution in [3.63, 3.8) is 0 Å². The van der Waals surface area contributed by atoms with Gasteiger partial charge >= 0.3 is 11.9 Å². The van der Waals surface area contributed by atoms with Gasteiger partial charge in [-0.2, -0.15) is 0 Å². The van der Waals surface area contributed by atoms with Crippen LogP contribution >= 0.6 is 0 Å². The molecule has 3 rings (SSSR count). The average molecular weight is 343 g/mol. The molecule has 0 heterocycles. The number of benzene rings is 1. The van der Waals surface area contributed by atoms with Crippen molar-refractivity contribution in [2.75, 3.05) is 5.32 Å². The molecule has 6 heteroatoms. The Morgan fingerprint density at radius 1 is 1.08 bits per heavy atom. The zero-order chi connectivity index (χ0) is 18.1. The number of anilines is 1. The summed E-state index contributed by atoms with van der Waals surface area (Å²) < 4.78 is 5.11. The van der Waals surface area contributed by atoms with Crippen molar-refractivity contribution in [2.24, 2.45) is 23.7 Å². The Balaban J connectivity index is 1.68. The van der Waals surface area contributed by atoms with Gasteiger partial charge < -0.3 is 15.2 Å². The normalized spacial score (nSPS) is 26.7. The molecule has 0 aromatic heterocycles. The highest BCUT2D eigenvalue weighted by Crippen LogP contribution is 2.48. The lowest BCUT2D eigenvalue weighted by atomic mass is 9.82. The molecule has 2 aliphatic carbocycles.